The maximum Gasteiger partial charge on any atom is 0.213 e. The summed E-state index contributed by atoms with van der Waals surface area (Å²) in [7, 11) is 0. The second-order valence-corrected chi connectivity index (χ2v) is 5.33. The van der Waals surface area contributed by atoms with Crippen LogP contribution in [0.2, 0.25) is 0 Å². The summed E-state index contributed by atoms with van der Waals surface area (Å²) in [4.78, 5) is 8.65. The van der Waals surface area contributed by atoms with E-state index in [1.54, 1.807) is 0 Å². The number of hydrogen-bond acceptors (Lipinski definition) is 4. The minimum atomic E-state index is 0.523. The van der Waals surface area contributed by atoms with Gasteiger partial charge in [-0.15, -0.1) is 11.6 Å². The molecular formula is C12H10BrClN4O. The maximum atomic E-state index is 5.84. The Hall–Kier alpha value is -1.40. The number of nitrogens with zero attached hydrogens (tertiary/aromatic N) is 4. The Morgan fingerprint density at radius 3 is 3.00 bits per heavy atom. The molecule has 0 amide bonds. The third kappa shape index (κ3) is 2.50. The van der Waals surface area contributed by atoms with Crippen LogP contribution >= 0.6 is 27.5 Å². The van der Waals surface area contributed by atoms with Crippen molar-refractivity contribution in [3.63, 3.8) is 0 Å². The normalized spacial score (nSPS) is 11.3. The quantitative estimate of drug-likeness (QED) is 0.685. The van der Waals surface area contributed by atoms with Gasteiger partial charge < -0.3 is 9.09 Å². The third-order valence-electron chi connectivity index (χ3n) is 2.81. The van der Waals surface area contributed by atoms with E-state index in [4.69, 9.17) is 16.1 Å². The first kappa shape index (κ1) is 12.6. The van der Waals surface area contributed by atoms with Gasteiger partial charge >= 0.3 is 0 Å². The van der Waals surface area contributed by atoms with Crippen LogP contribution in [0, 0.1) is 0 Å². The Morgan fingerprint density at radius 1 is 1.37 bits per heavy atom. The predicted octanol–water partition coefficient (Wildman–Crippen LogP) is 3.01. The van der Waals surface area contributed by atoms with Crippen molar-refractivity contribution in [2.45, 2.75) is 13.0 Å². The lowest BCUT2D eigenvalue weighted by Gasteiger charge is -2.05. The monoisotopic (exact) mass is 340 g/mol. The van der Waals surface area contributed by atoms with Gasteiger partial charge in [0.05, 0.1) is 17.6 Å². The molecule has 7 heteroatoms. The number of rotatable bonds is 4. The third-order valence-corrected chi connectivity index (χ3v) is 3.50. The molecule has 0 spiro atoms. The molecule has 1 aromatic carbocycles. The van der Waals surface area contributed by atoms with Gasteiger partial charge in [0.15, 0.2) is 5.82 Å². The number of fused-ring (bicyclic) bond motifs is 1. The van der Waals surface area contributed by atoms with E-state index in [0.29, 0.717) is 24.7 Å². The molecule has 3 aromatic rings. The van der Waals surface area contributed by atoms with Crippen LogP contribution < -0.4 is 0 Å². The van der Waals surface area contributed by atoms with Crippen LogP contribution in [0.3, 0.4) is 0 Å². The van der Waals surface area contributed by atoms with Gasteiger partial charge in [0.2, 0.25) is 6.39 Å². The number of imidazole rings is 1. The molecule has 19 heavy (non-hydrogen) atoms. The zero-order valence-electron chi connectivity index (χ0n) is 9.88. The van der Waals surface area contributed by atoms with Gasteiger partial charge in [-0.1, -0.05) is 21.1 Å². The zero-order valence-corrected chi connectivity index (χ0v) is 12.2. The molecule has 0 aliphatic carbocycles. The van der Waals surface area contributed by atoms with Crippen molar-refractivity contribution in [1.29, 1.82) is 0 Å². The van der Waals surface area contributed by atoms with Crippen LogP contribution in [0.4, 0.5) is 0 Å². The Morgan fingerprint density at radius 2 is 2.26 bits per heavy atom. The molecule has 0 fully saturated rings. The average molecular weight is 342 g/mol. The Labute approximate surface area is 122 Å². The fraction of sp³-hybridized carbons (Fsp3) is 0.250. The minimum absolute atomic E-state index is 0.523. The predicted molar refractivity (Wildman–Crippen MR) is 75.3 cm³/mol. The first-order valence-corrected chi connectivity index (χ1v) is 7.06. The molecule has 0 N–H and O–H groups in total. The highest BCUT2D eigenvalue weighted by molar-refractivity contribution is 9.10. The summed E-state index contributed by atoms with van der Waals surface area (Å²) in [6.45, 7) is 0.523. The van der Waals surface area contributed by atoms with Crippen molar-refractivity contribution in [2.24, 2.45) is 0 Å². The van der Waals surface area contributed by atoms with E-state index in [1.165, 1.54) is 6.39 Å². The first-order chi connectivity index (χ1) is 9.28. The highest BCUT2D eigenvalue weighted by Crippen LogP contribution is 2.22. The summed E-state index contributed by atoms with van der Waals surface area (Å²) >= 11 is 9.31. The lowest BCUT2D eigenvalue weighted by Crippen LogP contribution is -2.07. The molecule has 0 bridgehead atoms. The van der Waals surface area contributed by atoms with Crippen LogP contribution in [0.25, 0.3) is 11.0 Å². The Balaban J connectivity index is 2.12. The molecule has 0 saturated carbocycles. The molecule has 0 unspecified atom stereocenters. The van der Waals surface area contributed by atoms with Crippen LogP contribution in [0.5, 0.6) is 0 Å². The molecular weight excluding hydrogens is 332 g/mol. The van der Waals surface area contributed by atoms with Gasteiger partial charge in [-0.2, -0.15) is 4.98 Å². The summed E-state index contributed by atoms with van der Waals surface area (Å²) in [5.41, 5.74) is 1.96. The van der Waals surface area contributed by atoms with Gasteiger partial charge in [-0.25, -0.2) is 4.98 Å². The van der Waals surface area contributed by atoms with E-state index in [9.17, 15) is 0 Å². The molecule has 0 radical (unpaired) electrons. The van der Waals surface area contributed by atoms with Gasteiger partial charge in [0, 0.05) is 16.8 Å². The number of benzene rings is 1. The van der Waals surface area contributed by atoms with Crippen LogP contribution in [0.1, 0.15) is 11.6 Å². The van der Waals surface area contributed by atoms with E-state index in [2.05, 4.69) is 35.6 Å². The number of alkyl halides is 1. The summed E-state index contributed by atoms with van der Waals surface area (Å²) < 4.78 is 7.84. The Bertz CT molecular complexity index is 695. The van der Waals surface area contributed by atoms with E-state index >= 15 is 0 Å². The van der Waals surface area contributed by atoms with Crippen molar-refractivity contribution in [3.8, 4) is 0 Å². The maximum absolute atomic E-state index is 5.84. The summed E-state index contributed by atoms with van der Waals surface area (Å²) in [5, 5.41) is 3.84. The smallest absolute Gasteiger partial charge is 0.213 e. The van der Waals surface area contributed by atoms with Crippen molar-refractivity contribution in [1.82, 2.24) is 19.7 Å². The summed E-state index contributed by atoms with van der Waals surface area (Å²) in [6, 6.07) is 5.97. The van der Waals surface area contributed by atoms with E-state index in [1.807, 2.05) is 18.2 Å². The number of aryl methyl sites for hydroxylation is 1. The topological polar surface area (TPSA) is 56.7 Å². The van der Waals surface area contributed by atoms with Gasteiger partial charge in [-0.3, -0.25) is 0 Å². The molecule has 0 atom stereocenters. The van der Waals surface area contributed by atoms with Crippen molar-refractivity contribution < 1.29 is 4.52 Å². The van der Waals surface area contributed by atoms with Crippen LogP contribution in [-0.2, 0) is 13.0 Å². The van der Waals surface area contributed by atoms with Crippen molar-refractivity contribution >= 4 is 38.6 Å². The fourth-order valence-corrected chi connectivity index (χ4v) is 2.52. The largest absolute Gasteiger partial charge is 0.343 e. The molecule has 2 aromatic heterocycles. The lowest BCUT2D eigenvalue weighted by molar-refractivity contribution is 0.408. The number of hydrogen-bond donors (Lipinski definition) is 0. The highest BCUT2D eigenvalue weighted by atomic mass is 79.9. The van der Waals surface area contributed by atoms with E-state index in [0.717, 1.165) is 21.3 Å². The van der Waals surface area contributed by atoms with Crippen molar-refractivity contribution in [3.05, 3.63) is 40.7 Å². The molecule has 2 heterocycles. The number of aromatic nitrogens is 4. The molecule has 0 aliphatic heterocycles. The molecule has 0 saturated heterocycles. The highest BCUT2D eigenvalue weighted by Gasteiger charge is 2.12. The number of halogens is 2. The standard InChI is InChI=1S/C12H10BrClN4O/c13-8-1-2-9-10(5-8)18(12(16-9)3-4-14)6-11-15-7-19-17-11/h1-2,5,7H,3-4,6H2. The van der Waals surface area contributed by atoms with Crippen LogP contribution in [0.15, 0.2) is 33.6 Å². The first-order valence-electron chi connectivity index (χ1n) is 5.74. The van der Waals surface area contributed by atoms with Gasteiger partial charge in [0.25, 0.3) is 0 Å². The van der Waals surface area contributed by atoms with Gasteiger partial charge in [0.1, 0.15) is 5.82 Å². The van der Waals surface area contributed by atoms with E-state index in [-0.39, 0.29) is 0 Å². The Kier molecular flexibility index (Phi) is 3.52. The molecule has 3 rings (SSSR count). The van der Waals surface area contributed by atoms with Crippen molar-refractivity contribution in [2.75, 3.05) is 5.88 Å². The summed E-state index contributed by atoms with van der Waals surface area (Å²) in [6.07, 6.45) is 2.03. The van der Waals surface area contributed by atoms with Crippen LogP contribution in [-0.4, -0.2) is 25.6 Å². The second kappa shape index (κ2) is 5.30. The summed E-state index contributed by atoms with van der Waals surface area (Å²) in [5.74, 6) is 2.07. The molecule has 5 nitrogen and oxygen atoms in total. The molecule has 0 aliphatic rings. The second-order valence-electron chi connectivity index (χ2n) is 4.03. The molecule has 98 valence electrons. The fourth-order valence-electron chi connectivity index (χ4n) is 2.00. The SMILES string of the molecule is ClCCc1nc2ccc(Br)cc2n1Cc1ncon1. The lowest BCUT2D eigenvalue weighted by atomic mass is 10.3. The van der Waals surface area contributed by atoms with E-state index < -0.39 is 0 Å². The van der Waals surface area contributed by atoms with Gasteiger partial charge in [-0.05, 0) is 18.2 Å². The average Bonchev–Trinajstić information content (AvgIpc) is 3.00. The minimum Gasteiger partial charge on any atom is -0.343 e. The zero-order chi connectivity index (χ0) is 13.2.